The lowest BCUT2D eigenvalue weighted by Gasteiger charge is -2.14. The van der Waals surface area contributed by atoms with E-state index in [1.165, 1.54) is 24.9 Å². The van der Waals surface area contributed by atoms with Crippen LogP contribution in [0.1, 0.15) is 25.3 Å². The number of hydrogen-bond acceptors (Lipinski definition) is 2. The molecule has 102 valence electrons. The fraction of sp³-hybridized carbons (Fsp3) is 0.600. The molecule has 0 aliphatic carbocycles. The third-order valence-corrected chi connectivity index (χ3v) is 3.23. The minimum Gasteiger partial charge on any atom is -0.314 e. The number of nitrogens with zero attached hydrogens (tertiary/aromatic N) is 1. The van der Waals surface area contributed by atoms with Crippen molar-refractivity contribution in [2.75, 3.05) is 27.2 Å². The molecule has 0 aliphatic heterocycles. The average Bonchev–Trinajstić information content (AvgIpc) is 2.31. The number of rotatable bonds is 8. The molecule has 0 spiro atoms. The Balaban J connectivity index is 2.13. The van der Waals surface area contributed by atoms with Crippen LogP contribution in [0.15, 0.2) is 24.3 Å². The fourth-order valence-corrected chi connectivity index (χ4v) is 2.07. The summed E-state index contributed by atoms with van der Waals surface area (Å²) in [5.74, 6) is 0. The number of unbranched alkanes of at least 4 members (excludes halogenated alkanes) is 1. The molecule has 0 aromatic heterocycles. The van der Waals surface area contributed by atoms with Gasteiger partial charge in [0.1, 0.15) is 0 Å². The molecule has 1 atom stereocenters. The topological polar surface area (TPSA) is 15.3 Å². The Kier molecular flexibility index (Phi) is 7.33. The van der Waals surface area contributed by atoms with E-state index in [-0.39, 0.29) is 0 Å². The van der Waals surface area contributed by atoms with Gasteiger partial charge in [0.2, 0.25) is 0 Å². The van der Waals surface area contributed by atoms with Gasteiger partial charge in [-0.1, -0.05) is 23.7 Å². The normalized spacial score (nSPS) is 12.9. The molecule has 1 N–H and O–H groups in total. The van der Waals surface area contributed by atoms with Crippen molar-refractivity contribution in [2.24, 2.45) is 0 Å². The molecule has 0 bridgehead atoms. The summed E-state index contributed by atoms with van der Waals surface area (Å²) >= 11 is 5.87. The maximum Gasteiger partial charge on any atom is 0.0406 e. The molecular weight excluding hydrogens is 244 g/mol. The lowest BCUT2D eigenvalue weighted by atomic mass is 10.1. The first kappa shape index (κ1) is 15.5. The molecule has 0 heterocycles. The van der Waals surface area contributed by atoms with Crippen LogP contribution in [0, 0.1) is 0 Å². The second kappa shape index (κ2) is 8.52. The van der Waals surface area contributed by atoms with Gasteiger partial charge in [0, 0.05) is 11.1 Å². The first-order valence-electron chi connectivity index (χ1n) is 6.70. The van der Waals surface area contributed by atoms with E-state index in [2.05, 4.69) is 43.4 Å². The van der Waals surface area contributed by atoms with Crippen molar-refractivity contribution in [2.45, 2.75) is 32.2 Å². The molecule has 3 heteroatoms. The first-order valence-corrected chi connectivity index (χ1v) is 7.08. The monoisotopic (exact) mass is 268 g/mol. The van der Waals surface area contributed by atoms with Crippen LogP contribution in [-0.4, -0.2) is 38.1 Å². The van der Waals surface area contributed by atoms with E-state index in [0.717, 1.165) is 18.0 Å². The van der Waals surface area contributed by atoms with Crippen molar-refractivity contribution in [3.63, 3.8) is 0 Å². The fourth-order valence-electron chi connectivity index (χ4n) is 1.95. The molecule has 1 unspecified atom stereocenters. The molecule has 0 radical (unpaired) electrons. The van der Waals surface area contributed by atoms with E-state index in [1.807, 2.05) is 12.1 Å². The smallest absolute Gasteiger partial charge is 0.0406 e. The second-order valence-electron chi connectivity index (χ2n) is 5.20. The number of benzene rings is 1. The highest BCUT2D eigenvalue weighted by atomic mass is 35.5. The molecule has 0 aliphatic rings. The van der Waals surface area contributed by atoms with Gasteiger partial charge in [0.05, 0.1) is 0 Å². The van der Waals surface area contributed by atoms with Gasteiger partial charge in [-0.15, -0.1) is 0 Å². The number of hydrogen-bond donors (Lipinski definition) is 1. The van der Waals surface area contributed by atoms with Crippen LogP contribution in [0.4, 0.5) is 0 Å². The quantitative estimate of drug-likeness (QED) is 0.729. The standard InChI is InChI=1S/C15H25ClN2/c1-13(17-10-4-5-11-18(2)3)12-14-6-8-15(16)9-7-14/h6-9,13,17H,4-5,10-12H2,1-3H3. The molecule has 0 saturated carbocycles. The van der Waals surface area contributed by atoms with Gasteiger partial charge in [0.15, 0.2) is 0 Å². The predicted molar refractivity (Wildman–Crippen MR) is 80.4 cm³/mol. The van der Waals surface area contributed by atoms with Crippen LogP contribution in [-0.2, 0) is 6.42 Å². The van der Waals surface area contributed by atoms with Crippen LogP contribution >= 0.6 is 11.6 Å². The first-order chi connectivity index (χ1) is 8.58. The van der Waals surface area contributed by atoms with E-state index >= 15 is 0 Å². The summed E-state index contributed by atoms with van der Waals surface area (Å²) in [6.45, 7) is 4.51. The maximum absolute atomic E-state index is 5.87. The molecular formula is C15H25ClN2. The van der Waals surface area contributed by atoms with Crippen molar-refractivity contribution < 1.29 is 0 Å². The van der Waals surface area contributed by atoms with E-state index in [1.54, 1.807) is 0 Å². The Morgan fingerprint density at radius 2 is 1.83 bits per heavy atom. The maximum atomic E-state index is 5.87. The summed E-state index contributed by atoms with van der Waals surface area (Å²) in [7, 11) is 4.24. The molecule has 0 amide bonds. The SMILES string of the molecule is CC(Cc1ccc(Cl)cc1)NCCCCN(C)C. The summed E-state index contributed by atoms with van der Waals surface area (Å²) in [4.78, 5) is 2.23. The summed E-state index contributed by atoms with van der Waals surface area (Å²) in [5, 5.41) is 4.38. The van der Waals surface area contributed by atoms with Crippen molar-refractivity contribution in [3.8, 4) is 0 Å². The second-order valence-corrected chi connectivity index (χ2v) is 5.63. The van der Waals surface area contributed by atoms with Gasteiger partial charge in [-0.25, -0.2) is 0 Å². The number of halogens is 1. The van der Waals surface area contributed by atoms with Crippen LogP contribution in [0.5, 0.6) is 0 Å². The zero-order chi connectivity index (χ0) is 13.4. The van der Waals surface area contributed by atoms with Crippen molar-refractivity contribution in [3.05, 3.63) is 34.9 Å². The highest BCUT2D eigenvalue weighted by Gasteiger charge is 2.02. The Morgan fingerprint density at radius 3 is 2.44 bits per heavy atom. The Labute approximate surface area is 116 Å². The van der Waals surface area contributed by atoms with E-state index in [0.29, 0.717) is 6.04 Å². The zero-order valence-corrected chi connectivity index (χ0v) is 12.5. The molecule has 18 heavy (non-hydrogen) atoms. The zero-order valence-electron chi connectivity index (χ0n) is 11.7. The summed E-state index contributed by atoms with van der Waals surface area (Å²) in [6, 6.07) is 8.64. The van der Waals surface area contributed by atoms with Crippen molar-refractivity contribution in [1.82, 2.24) is 10.2 Å². The van der Waals surface area contributed by atoms with Crippen LogP contribution in [0.25, 0.3) is 0 Å². The van der Waals surface area contributed by atoms with Crippen LogP contribution in [0.3, 0.4) is 0 Å². The lowest BCUT2D eigenvalue weighted by molar-refractivity contribution is 0.388. The summed E-state index contributed by atoms with van der Waals surface area (Å²) in [6.07, 6.45) is 3.56. The van der Waals surface area contributed by atoms with Gasteiger partial charge in [-0.3, -0.25) is 0 Å². The van der Waals surface area contributed by atoms with E-state index < -0.39 is 0 Å². The highest BCUT2D eigenvalue weighted by Crippen LogP contribution is 2.11. The molecule has 0 saturated heterocycles. The Morgan fingerprint density at radius 1 is 1.17 bits per heavy atom. The molecule has 1 aromatic rings. The minimum absolute atomic E-state index is 0.519. The van der Waals surface area contributed by atoms with E-state index in [9.17, 15) is 0 Å². The van der Waals surface area contributed by atoms with Crippen molar-refractivity contribution in [1.29, 1.82) is 0 Å². The predicted octanol–water partition coefficient (Wildman–Crippen LogP) is 3.20. The van der Waals surface area contributed by atoms with Gasteiger partial charge < -0.3 is 10.2 Å². The molecule has 1 aromatic carbocycles. The van der Waals surface area contributed by atoms with Gasteiger partial charge >= 0.3 is 0 Å². The molecule has 2 nitrogen and oxygen atoms in total. The van der Waals surface area contributed by atoms with Gasteiger partial charge in [0.25, 0.3) is 0 Å². The third kappa shape index (κ3) is 7.00. The lowest BCUT2D eigenvalue weighted by Crippen LogP contribution is -2.29. The summed E-state index contributed by atoms with van der Waals surface area (Å²) < 4.78 is 0. The Hall–Kier alpha value is -0.570. The molecule has 1 rings (SSSR count). The van der Waals surface area contributed by atoms with Gasteiger partial charge in [-0.2, -0.15) is 0 Å². The largest absolute Gasteiger partial charge is 0.314 e. The highest BCUT2D eigenvalue weighted by molar-refractivity contribution is 6.30. The summed E-state index contributed by atoms with van der Waals surface area (Å²) in [5.41, 5.74) is 1.34. The van der Waals surface area contributed by atoms with Crippen LogP contribution < -0.4 is 5.32 Å². The average molecular weight is 269 g/mol. The Bertz CT molecular complexity index is 322. The number of nitrogens with one attached hydrogen (secondary N) is 1. The minimum atomic E-state index is 0.519. The third-order valence-electron chi connectivity index (χ3n) is 2.98. The van der Waals surface area contributed by atoms with E-state index in [4.69, 9.17) is 11.6 Å². The van der Waals surface area contributed by atoms with Crippen molar-refractivity contribution >= 4 is 11.6 Å². The van der Waals surface area contributed by atoms with Crippen LogP contribution in [0.2, 0.25) is 5.02 Å². The van der Waals surface area contributed by atoms with Gasteiger partial charge in [-0.05, 0) is 71.1 Å². The molecule has 0 fully saturated rings.